The standard InChI is InChI=1S/C13H20N4O3/c1-15-10(8-11(18)16(2)13(15)20)12(19)17-6-3-4-9(14)5-7-17/h8-9H,3-7,14H2,1-2H3/t9-/m0/s1. The summed E-state index contributed by atoms with van der Waals surface area (Å²) in [6.45, 7) is 1.17. The normalized spacial score (nSPS) is 19.8. The van der Waals surface area contributed by atoms with Gasteiger partial charge in [-0.1, -0.05) is 0 Å². The van der Waals surface area contributed by atoms with Crippen molar-refractivity contribution in [1.29, 1.82) is 0 Å². The minimum atomic E-state index is -0.493. The monoisotopic (exact) mass is 280 g/mol. The molecule has 0 aliphatic carbocycles. The summed E-state index contributed by atoms with van der Waals surface area (Å²) in [7, 11) is 2.89. The van der Waals surface area contributed by atoms with Gasteiger partial charge in [-0.2, -0.15) is 0 Å². The lowest BCUT2D eigenvalue weighted by Crippen LogP contribution is -2.42. The van der Waals surface area contributed by atoms with E-state index < -0.39 is 11.2 Å². The van der Waals surface area contributed by atoms with E-state index in [0.717, 1.165) is 23.8 Å². The fourth-order valence-corrected chi connectivity index (χ4v) is 2.43. The molecule has 7 nitrogen and oxygen atoms in total. The maximum absolute atomic E-state index is 12.5. The molecule has 1 aliphatic heterocycles. The Labute approximate surface area is 116 Å². The number of nitrogens with two attached hydrogens (primary N) is 1. The Balaban J connectivity index is 2.34. The van der Waals surface area contributed by atoms with Gasteiger partial charge < -0.3 is 10.6 Å². The maximum Gasteiger partial charge on any atom is 0.331 e. The van der Waals surface area contributed by atoms with E-state index in [2.05, 4.69) is 0 Å². The number of nitrogens with zero attached hydrogens (tertiary/aromatic N) is 3. The number of aromatic nitrogens is 2. The van der Waals surface area contributed by atoms with Crippen LogP contribution in [0.5, 0.6) is 0 Å². The highest BCUT2D eigenvalue weighted by atomic mass is 16.2. The van der Waals surface area contributed by atoms with Crippen molar-refractivity contribution in [1.82, 2.24) is 14.0 Å². The molecule has 7 heteroatoms. The molecule has 1 fully saturated rings. The summed E-state index contributed by atoms with van der Waals surface area (Å²) >= 11 is 0. The van der Waals surface area contributed by atoms with Crippen LogP contribution in [-0.2, 0) is 14.1 Å². The molecule has 0 aromatic carbocycles. The zero-order valence-corrected chi connectivity index (χ0v) is 11.8. The van der Waals surface area contributed by atoms with Crippen molar-refractivity contribution in [2.24, 2.45) is 19.8 Å². The van der Waals surface area contributed by atoms with E-state index in [9.17, 15) is 14.4 Å². The highest BCUT2D eigenvalue weighted by molar-refractivity contribution is 5.92. The van der Waals surface area contributed by atoms with Gasteiger partial charge in [-0.15, -0.1) is 0 Å². The summed E-state index contributed by atoms with van der Waals surface area (Å²) in [5.74, 6) is -0.281. The van der Waals surface area contributed by atoms with Crippen molar-refractivity contribution in [3.05, 3.63) is 32.6 Å². The number of rotatable bonds is 1. The second-order valence-corrected chi connectivity index (χ2v) is 5.25. The van der Waals surface area contributed by atoms with Gasteiger partial charge in [0.05, 0.1) is 0 Å². The van der Waals surface area contributed by atoms with E-state index >= 15 is 0 Å². The number of hydrogen-bond acceptors (Lipinski definition) is 4. The van der Waals surface area contributed by atoms with Crippen LogP contribution in [0.1, 0.15) is 29.8 Å². The van der Waals surface area contributed by atoms with Gasteiger partial charge in [-0.05, 0) is 19.3 Å². The summed E-state index contributed by atoms with van der Waals surface area (Å²) < 4.78 is 2.20. The summed E-state index contributed by atoms with van der Waals surface area (Å²) in [5.41, 5.74) is 5.06. The van der Waals surface area contributed by atoms with Crippen molar-refractivity contribution in [2.45, 2.75) is 25.3 Å². The van der Waals surface area contributed by atoms with Gasteiger partial charge >= 0.3 is 5.69 Å². The number of hydrogen-bond donors (Lipinski definition) is 1. The molecule has 2 heterocycles. The van der Waals surface area contributed by atoms with Crippen LogP contribution in [0.4, 0.5) is 0 Å². The Bertz CT molecular complexity index is 631. The van der Waals surface area contributed by atoms with Crippen LogP contribution >= 0.6 is 0 Å². The minimum Gasteiger partial charge on any atom is -0.337 e. The molecule has 1 saturated heterocycles. The largest absolute Gasteiger partial charge is 0.337 e. The number of carbonyl (C=O) groups excluding carboxylic acids is 1. The van der Waals surface area contributed by atoms with Crippen LogP contribution < -0.4 is 17.0 Å². The highest BCUT2D eigenvalue weighted by Gasteiger charge is 2.22. The molecule has 0 spiro atoms. The van der Waals surface area contributed by atoms with Crippen molar-refractivity contribution < 1.29 is 4.79 Å². The van der Waals surface area contributed by atoms with Crippen molar-refractivity contribution in [3.8, 4) is 0 Å². The average Bonchev–Trinajstić information content (AvgIpc) is 2.64. The quantitative estimate of drug-likeness (QED) is 0.717. The van der Waals surface area contributed by atoms with E-state index in [0.29, 0.717) is 13.1 Å². The summed E-state index contributed by atoms with van der Waals surface area (Å²) in [6.07, 6.45) is 2.47. The second-order valence-electron chi connectivity index (χ2n) is 5.25. The lowest BCUT2D eigenvalue weighted by molar-refractivity contribution is 0.0749. The van der Waals surface area contributed by atoms with Crippen LogP contribution in [0.25, 0.3) is 0 Å². The van der Waals surface area contributed by atoms with Gasteiger partial charge in [0.15, 0.2) is 0 Å². The number of amides is 1. The average molecular weight is 280 g/mol. The smallest absolute Gasteiger partial charge is 0.331 e. The Morgan fingerprint density at radius 2 is 1.90 bits per heavy atom. The summed E-state index contributed by atoms with van der Waals surface area (Å²) in [5, 5.41) is 0. The Morgan fingerprint density at radius 1 is 1.20 bits per heavy atom. The van der Waals surface area contributed by atoms with E-state index in [-0.39, 0.29) is 17.6 Å². The molecule has 1 aromatic rings. The maximum atomic E-state index is 12.5. The molecule has 0 saturated carbocycles. The third kappa shape index (κ3) is 2.67. The van der Waals surface area contributed by atoms with Crippen LogP contribution in [0.15, 0.2) is 15.7 Å². The number of likely N-dealkylation sites (tertiary alicyclic amines) is 1. The van der Waals surface area contributed by atoms with Gasteiger partial charge in [0.1, 0.15) is 5.69 Å². The molecule has 1 aromatic heterocycles. The van der Waals surface area contributed by atoms with Crippen molar-refractivity contribution in [3.63, 3.8) is 0 Å². The van der Waals surface area contributed by atoms with E-state index in [1.165, 1.54) is 24.7 Å². The fraction of sp³-hybridized carbons (Fsp3) is 0.615. The Kier molecular flexibility index (Phi) is 4.08. The van der Waals surface area contributed by atoms with Crippen LogP contribution in [0.3, 0.4) is 0 Å². The van der Waals surface area contributed by atoms with Gasteiger partial charge in [-0.25, -0.2) is 4.79 Å². The van der Waals surface area contributed by atoms with Crippen molar-refractivity contribution in [2.75, 3.05) is 13.1 Å². The topological polar surface area (TPSA) is 90.3 Å². The second kappa shape index (κ2) is 5.62. The molecule has 1 atom stereocenters. The third-order valence-corrected chi connectivity index (χ3v) is 3.81. The first kappa shape index (κ1) is 14.5. The minimum absolute atomic E-state index is 0.111. The van der Waals surface area contributed by atoms with Crippen LogP contribution in [0, 0.1) is 0 Å². The van der Waals surface area contributed by atoms with Gasteiger partial charge in [-0.3, -0.25) is 18.7 Å². The molecule has 110 valence electrons. The van der Waals surface area contributed by atoms with Crippen LogP contribution in [0.2, 0.25) is 0 Å². The molecule has 1 aliphatic rings. The first-order valence-corrected chi connectivity index (χ1v) is 6.73. The predicted molar refractivity (Wildman–Crippen MR) is 74.7 cm³/mol. The number of carbonyl (C=O) groups is 1. The fourth-order valence-electron chi connectivity index (χ4n) is 2.43. The SMILES string of the molecule is Cn1c(C(=O)N2CCC[C@H](N)CC2)cc(=O)n(C)c1=O. The molecule has 20 heavy (non-hydrogen) atoms. The zero-order chi connectivity index (χ0) is 14.9. The molecule has 2 rings (SSSR count). The molecular formula is C13H20N4O3. The zero-order valence-electron chi connectivity index (χ0n) is 11.8. The summed E-state index contributed by atoms with van der Waals surface area (Å²) in [4.78, 5) is 37.7. The van der Waals surface area contributed by atoms with Crippen LogP contribution in [-0.4, -0.2) is 39.1 Å². The van der Waals surface area contributed by atoms with E-state index in [1.807, 2.05) is 0 Å². The van der Waals surface area contributed by atoms with Gasteiger partial charge in [0.25, 0.3) is 11.5 Å². The first-order chi connectivity index (χ1) is 9.41. The predicted octanol–water partition coefficient (Wildman–Crippen LogP) is -0.963. The Morgan fingerprint density at radius 3 is 2.60 bits per heavy atom. The van der Waals surface area contributed by atoms with Gasteiger partial charge in [0.2, 0.25) is 0 Å². The molecule has 2 N–H and O–H groups in total. The first-order valence-electron chi connectivity index (χ1n) is 6.73. The molecule has 0 radical (unpaired) electrons. The highest BCUT2D eigenvalue weighted by Crippen LogP contribution is 2.11. The molecular weight excluding hydrogens is 260 g/mol. The third-order valence-electron chi connectivity index (χ3n) is 3.81. The van der Waals surface area contributed by atoms with Gasteiger partial charge in [0, 0.05) is 39.3 Å². The summed E-state index contributed by atoms with van der Waals surface area (Å²) in [6, 6.07) is 1.33. The Hall–Kier alpha value is -1.89. The lowest BCUT2D eigenvalue weighted by Gasteiger charge is -2.21. The van der Waals surface area contributed by atoms with Crippen molar-refractivity contribution >= 4 is 5.91 Å². The lowest BCUT2D eigenvalue weighted by atomic mass is 10.1. The molecule has 1 amide bonds. The molecule has 0 bridgehead atoms. The van der Waals surface area contributed by atoms with E-state index in [1.54, 1.807) is 4.90 Å². The molecule has 0 unspecified atom stereocenters. The van der Waals surface area contributed by atoms with E-state index in [4.69, 9.17) is 5.73 Å².